The summed E-state index contributed by atoms with van der Waals surface area (Å²) in [6.07, 6.45) is 2.51. The number of aliphatic hydroxyl groups is 1. The van der Waals surface area contributed by atoms with Crippen molar-refractivity contribution < 1.29 is 5.11 Å². The molecule has 21 heavy (non-hydrogen) atoms. The van der Waals surface area contributed by atoms with Crippen LogP contribution in [-0.4, -0.2) is 56.4 Å². The van der Waals surface area contributed by atoms with Gasteiger partial charge in [-0.05, 0) is 44.0 Å². The van der Waals surface area contributed by atoms with Crippen LogP contribution in [-0.2, 0) is 0 Å². The van der Waals surface area contributed by atoms with E-state index >= 15 is 0 Å². The molecule has 0 saturated carbocycles. The molecule has 4 nitrogen and oxygen atoms in total. The second-order valence-corrected chi connectivity index (χ2v) is 6.17. The molecule has 4 heteroatoms. The Morgan fingerprint density at radius 3 is 2.52 bits per heavy atom. The van der Waals surface area contributed by atoms with Crippen LogP contribution in [0.4, 0.5) is 5.69 Å². The minimum Gasteiger partial charge on any atom is -0.395 e. The van der Waals surface area contributed by atoms with E-state index in [1.807, 2.05) is 0 Å². The first-order chi connectivity index (χ1) is 10.1. The van der Waals surface area contributed by atoms with Gasteiger partial charge in [0.05, 0.1) is 6.61 Å². The van der Waals surface area contributed by atoms with E-state index in [2.05, 4.69) is 60.4 Å². The fraction of sp³-hybridized carbons (Fsp3) is 0.647. The molecule has 1 aliphatic rings. The van der Waals surface area contributed by atoms with E-state index in [1.165, 1.54) is 24.1 Å². The molecule has 0 radical (unpaired) electrons. The molecule has 0 bridgehead atoms. The van der Waals surface area contributed by atoms with Gasteiger partial charge < -0.3 is 15.3 Å². The SMILES string of the molecule is CC(c1ccc(N(C)C)cc1)N(CCO)CC1CCCN1. The Kier molecular flexibility index (Phi) is 6.03. The summed E-state index contributed by atoms with van der Waals surface area (Å²) >= 11 is 0. The van der Waals surface area contributed by atoms with Crippen LogP contribution in [0, 0.1) is 0 Å². The van der Waals surface area contributed by atoms with E-state index in [-0.39, 0.29) is 6.61 Å². The summed E-state index contributed by atoms with van der Waals surface area (Å²) in [4.78, 5) is 4.50. The summed E-state index contributed by atoms with van der Waals surface area (Å²) in [5.41, 5.74) is 2.53. The smallest absolute Gasteiger partial charge is 0.0558 e. The highest BCUT2D eigenvalue weighted by Crippen LogP contribution is 2.23. The molecule has 0 aliphatic carbocycles. The molecule has 2 atom stereocenters. The van der Waals surface area contributed by atoms with E-state index in [9.17, 15) is 5.11 Å². The van der Waals surface area contributed by atoms with Crippen LogP contribution in [0.3, 0.4) is 0 Å². The minimum absolute atomic E-state index is 0.215. The second kappa shape index (κ2) is 7.78. The van der Waals surface area contributed by atoms with Gasteiger partial charge in [-0.15, -0.1) is 0 Å². The van der Waals surface area contributed by atoms with E-state index < -0.39 is 0 Å². The molecule has 0 amide bonds. The van der Waals surface area contributed by atoms with Gasteiger partial charge in [0.1, 0.15) is 0 Å². The first-order valence-corrected chi connectivity index (χ1v) is 7.97. The molecule has 1 aromatic carbocycles. The second-order valence-electron chi connectivity index (χ2n) is 6.17. The van der Waals surface area contributed by atoms with Crippen molar-refractivity contribution in [2.45, 2.75) is 31.8 Å². The summed E-state index contributed by atoms with van der Waals surface area (Å²) in [5.74, 6) is 0. The van der Waals surface area contributed by atoms with Gasteiger partial charge in [0.25, 0.3) is 0 Å². The maximum Gasteiger partial charge on any atom is 0.0558 e. The van der Waals surface area contributed by atoms with Crippen molar-refractivity contribution in [3.05, 3.63) is 29.8 Å². The Morgan fingerprint density at radius 2 is 2.00 bits per heavy atom. The molecule has 1 aliphatic heterocycles. The van der Waals surface area contributed by atoms with Crippen molar-refractivity contribution in [3.63, 3.8) is 0 Å². The number of nitrogens with one attached hydrogen (secondary N) is 1. The first-order valence-electron chi connectivity index (χ1n) is 7.97. The number of aliphatic hydroxyl groups excluding tert-OH is 1. The molecular weight excluding hydrogens is 262 g/mol. The zero-order valence-corrected chi connectivity index (χ0v) is 13.5. The van der Waals surface area contributed by atoms with Crippen molar-refractivity contribution in [1.82, 2.24) is 10.2 Å². The van der Waals surface area contributed by atoms with Gasteiger partial charge in [0, 0.05) is 45.0 Å². The largest absolute Gasteiger partial charge is 0.395 e. The minimum atomic E-state index is 0.215. The molecule has 2 rings (SSSR count). The zero-order valence-electron chi connectivity index (χ0n) is 13.5. The molecule has 118 valence electrons. The highest BCUT2D eigenvalue weighted by molar-refractivity contribution is 5.46. The maximum absolute atomic E-state index is 9.35. The van der Waals surface area contributed by atoms with Gasteiger partial charge in [0.15, 0.2) is 0 Å². The fourth-order valence-electron chi connectivity index (χ4n) is 3.03. The van der Waals surface area contributed by atoms with E-state index in [0.717, 1.165) is 19.6 Å². The maximum atomic E-state index is 9.35. The van der Waals surface area contributed by atoms with Gasteiger partial charge in [-0.25, -0.2) is 0 Å². The topological polar surface area (TPSA) is 38.7 Å². The number of hydrogen-bond acceptors (Lipinski definition) is 4. The Hall–Kier alpha value is -1.10. The lowest BCUT2D eigenvalue weighted by Crippen LogP contribution is -2.40. The Bertz CT molecular complexity index is 413. The lowest BCUT2D eigenvalue weighted by molar-refractivity contribution is 0.147. The molecule has 0 spiro atoms. The normalized spacial score (nSPS) is 20.0. The highest BCUT2D eigenvalue weighted by Gasteiger charge is 2.22. The van der Waals surface area contributed by atoms with E-state index in [1.54, 1.807) is 0 Å². The number of hydrogen-bond donors (Lipinski definition) is 2. The molecule has 1 heterocycles. The average Bonchev–Trinajstić information content (AvgIpc) is 2.99. The summed E-state index contributed by atoms with van der Waals surface area (Å²) in [6, 6.07) is 9.63. The van der Waals surface area contributed by atoms with Gasteiger partial charge in [-0.3, -0.25) is 4.90 Å². The van der Waals surface area contributed by atoms with E-state index in [4.69, 9.17) is 0 Å². The lowest BCUT2D eigenvalue weighted by Gasteiger charge is -2.31. The first kappa shape index (κ1) is 16.3. The predicted molar refractivity (Wildman–Crippen MR) is 88.9 cm³/mol. The standard InChI is InChI=1S/C17H29N3O/c1-14(15-6-8-17(9-7-15)19(2)3)20(11-12-21)13-16-5-4-10-18-16/h6-9,14,16,18,21H,4-5,10-13H2,1-3H3. The van der Waals surface area contributed by atoms with Crippen molar-refractivity contribution in [2.75, 3.05) is 45.2 Å². The predicted octanol–water partition coefficient (Wildman–Crippen LogP) is 1.86. The molecule has 1 saturated heterocycles. The Morgan fingerprint density at radius 1 is 1.29 bits per heavy atom. The third kappa shape index (κ3) is 4.43. The molecule has 1 aromatic rings. The molecule has 2 N–H and O–H groups in total. The van der Waals surface area contributed by atoms with Crippen molar-refractivity contribution in [3.8, 4) is 0 Å². The summed E-state index contributed by atoms with van der Waals surface area (Å²) < 4.78 is 0. The zero-order chi connectivity index (χ0) is 15.2. The molecule has 1 fully saturated rings. The van der Waals surface area contributed by atoms with Crippen LogP contribution in [0.15, 0.2) is 24.3 Å². The number of rotatable bonds is 7. The van der Waals surface area contributed by atoms with Crippen molar-refractivity contribution in [2.24, 2.45) is 0 Å². The molecular formula is C17H29N3O. The third-order valence-corrected chi connectivity index (χ3v) is 4.44. The Labute approximate surface area is 128 Å². The van der Waals surface area contributed by atoms with Crippen LogP contribution in [0.2, 0.25) is 0 Å². The van der Waals surface area contributed by atoms with Crippen molar-refractivity contribution >= 4 is 5.69 Å². The van der Waals surface area contributed by atoms with Gasteiger partial charge in [-0.1, -0.05) is 12.1 Å². The number of nitrogens with zero attached hydrogens (tertiary/aromatic N) is 2. The van der Waals surface area contributed by atoms with E-state index in [0.29, 0.717) is 12.1 Å². The number of anilines is 1. The van der Waals surface area contributed by atoms with Gasteiger partial charge >= 0.3 is 0 Å². The van der Waals surface area contributed by atoms with Gasteiger partial charge in [0.2, 0.25) is 0 Å². The molecule has 0 aromatic heterocycles. The summed E-state index contributed by atoms with van der Waals surface area (Å²) in [6.45, 7) is 5.32. The van der Waals surface area contributed by atoms with Crippen molar-refractivity contribution in [1.29, 1.82) is 0 Å². The third-order valence-electron chi connectivity index (χ3n) is 4.44. The van der Waals surface area contributed by atoms with Crippen LogP contribution in [0.25, 0.3) is 0 Å². The monoisotopic (exact) mass is 291 g/mol. The fourth-order valence-corrected chi connectivity index (χ4v) is 3.03. The van der Waals surface area contributed by atoms with Crippen LogP contribution in [0.5, 0.6) is 0 Å². The van der Waals surface area contributed by atoms with Crippen LogP contribution >= 0.6 is 0 Å². The quantitative estimate of drug-likeness (QED) is 0.804. The Balaban J connectivity index is 2.03. The van der Waals surface area contributed by atoms with Gasteiger partial charge in [-0.2, -0.15) is 0 Å². The van der Waals surface area contributed by atoms with Crippen LogP contribution < -0.4 is 10.2 Å². The summed E-state index contributed by atoms with van der Waals surface area (Å²) in [5, 5.41) is 12.9. The average molecular weight is 291 g/mol. The molecule has 2 unspecified atom stereocenters. The number of benzene rings is 1. The highest BCUT2D eigenvalue weighted by atomic mass is 16.3. The lowest BCUT2D eigenvalue weighted by atomic mass is 10.0. The summed E-state index contributed by atoms with van der Waals surface area (Å²) in [7, 11) is 4.12. The van der Waals surface area contributed by atoms with Crippen LogP contribution in [0.1, 0.15) is 31.4 Å².